The standard InChI is InChI=1S/C13H11F2NOS/c1-8(17)10-3-2-6-16-13(10)18-9-4-5-11(14)12(15)7-9/h2-8,17H,1H3/t8-/m0/s1. The van der Waals surface area contributed by atoms with Gasteiger partial charge in [0, 0.05) is 16.7 Å². The number of hydrogen-bond donors (Lipinski definition) is 1. The highest BCUT2D eigenvalue weighted by Gasteiger charge is 2.11. The normalized spacial score (nSPS) is 12.4. The summed E-state index contributed by atoms with van der Waals surface area (Å²) in [5.41, 5.74) is 0.659. The molecule has 1 aromatic carbocycles. The SMILES string of the molecule is C[C@H](O)c1cccnc1Sc1ccc(F)c(F)c1. The Hall–Kier alpha value is -1.46. The first-order valence-corrected chi connectivity index (χ1v) is 6.15. The van der Waals surface area contributed by atoms with Crippen LogP contribution in [-0.4, -0.2) is 10.1 Å². The quantitative estimate of drug-likeness (QED) is 0.923. The molecule has 0 bridgehead atoms. The molecule has 0 saturated carbocycles. The fourth-order valence-electron chi connectivity index (χ4n) is 1.46. The third kappa shape index (κ3) is 2.86. The van der Waals surface area contributed by atoms with E-state index in [1.807, 2.05) is 0 Å². The first-order chi connectivity index (χ1) is 8.58. The first-order valence-electron chi connectivity index (χ1n) is 5.34. The highest BCUT2D eigenvalue weighted by molar-refractivity contribution is 7.99. The maximum atomic E-state index is 13.1. The minimum atomic E-state index is -0.894. The Balaban J connectivity index is 2.31. The summed E-state index contributed by atoms with van der Waals surface area (Å²) >= 11 is 1.19. The second kappa shape index (κ2) is 5.46. The second-order valence-electron chi connectivity index (χ2n) is 3.75. The van der Waals surface area contributed by atoms with Gasteiger partial charge in [-0.15, -0.1) is 0 Å². The lowest BCUT2D eigenvalue weighted by molar-refractivity contribution is 0.195. The van der Waals surface area contributed by atoms with Gasteiger partial charge in [-0.3, -0.25) is 0 Å². The number of benzene rings is 1. The van der Waals surface area contributed by atoms with Crippen LogP contribution >= 0.6 is 11.8 Å². The minimum absolute atomic E-state index is 0.537. The van der Waals surface area contributed by atoms with E-state index < -0.39 is 17.7 Å². The van der Waals surface area contributed by atoms with Crippen LogP contribution < -0.4 is 0 Å². The molecular weight excluding hydrogens is 256 g/mol. The van der Waals surface area contributed by atoms with Crippen molar-refractivity contribution in [3.63, 3.8) is 0 Å². The summed E-state index contributed by atoms with van der Waals surface area (Å²) in [6, 6.07) is 7.13. The lowest BCUT2D eigenvalue weighted by atomic mass is 10.2. The third-order valence-corrected chi connectivity index (χ3v) is 3.38. The van der Waals surface area contributed by atoms with Gasteiger partial charge in [0.05, 0.1) is 6.10 Å². The molecule has 0 aliphatic carbocycles. The number of aromatic nitrogens is 1. The lowest BCUT2D eigenvalue weighted by Gasteiger charge is -2.10. The molecule has 1 N–H and O–H groups in total. The molecule has 2 aromatic rings. The van der Waals surface area contributed by atoms with Crippen LogP contribution in [0.1, 0.15) is 18.6 Å². The van der Waals surface area contributed by atoms with E-state index in [0.29, 0.717) is 15.5 Å². The summed E-state index contributed by atoms with van der Waals surface area (Å²) in [6.45, 7) is 1.63. The van der Waals surface area contributed by atoms with Crippen molar-refractivity contribution in [1.29, 1.82) is 0 Å². The molecular formula is C13H11F2NOS. The molecule has 1 aromatic heterocycles. The Labute approximate surface area is 108 Å². The monoisotopic (exact) mass is 267 g/mol. The molecule has 0 aliphatic rings. The highest BCUT2D eigenvalue weighted by Crippen LogP contribution is 2.31. The van der Waals surface area contributed by atoms with Crippen LogP contribution in [0.15, 0.2) is 46.5 Å². The van der Waals surface area contributed by atoms with E-state index in [4.69, 9.17) is 0 Å². The summed E-state index contributed by atoms with van der Waals surface area (Å²) in [5.74, 6) is -1.77. The Bertz CT molecular complexity index is 560. The molecule has 1 atom stereocenters. The molecule has 0 unspecified atom stereocenters. The van der Waals surface area contributed by atoms with Crippen LogP contribution in [0.4, 0.5) is 8.78 Å². The van der Waals surface area contributed by atoms with Gasteiger partial charge in [-0.05, 0) is 31.2 Å². The number of aliphatic hydroxyl groups is 1. The van der Waals surface area contributed by atoms with Crippen molar-refractivity contribution in [1.82, 2.24) is 4.98 Å². The predicted octanol–water partition coefficient (Wildman–Crippen LogP) is 3.56. The molecule has 0 fully saturated rings. The lowest BCUT2D eigenvalue weighted by Crippen LogP contribution is -1.96. The summed E-state index contributed by atoms with van der Waals surface area (Å²) in [6.07, 6.45) is 0.931. The molecule has 0 saturated heterocycles. The van der Waals surface area contributed by atoms with Crippen LogP contribution in [0.25, 0.3) is 0 Å². The van der Waals surface area contributed by atoms with Crippen molar-refractivity contribution in [2.75, 3.05) is 0 Å². The number of hydrogen-bond acceptors (Lipinski definition) is 3. The van der Waals surface area contributed by atoms with Gasteiger partial charge in [0.2, 0.25) is 0 Å². The van der Waals surface area contributed by atoms with Crippen molar-refractivity contribution in [3.05, 3.63) is 53.7 Å². The predicted molar refractivity (Wildman–Crippen MR) is 65.4 cm³/mol. The van der Waals surface area contributed by atoms with E-state index >= 15 is 0 Å². The summed E-state index contributed by atoms with van der Waals surface area (Å²) in [7, 11) is 0. The fourth-order valence-corrected chi connectivity index (χ4v) is 2.45. The number of halogens is 2. The minimum Gasteiger partial charge on any atom is -0.389 e. The molecule has 18 heavy (non-hydrogen) atoms. The van der Waals surface area contributed by atoms with Gasteiger partial charge >= 0.3 is 0 Å². The van der Waals surface area contributed by atoms with E-state index in [-0.39, 0.29) is 0 Å². The smallest absolute Gasteiger partial charge is 0.159 e. The molecule has 5 heteroatoms. The summed E-state index contributed by atoms with van der Waals surface area (Å²) < 4.78 is 25.9. The molecule has 0 amide bonds. The average Bonchev–Trinajstić information content (AvgIpc) is 2.34. The number of rotatable bonds is 3. The third-order valence-electron chi connectivity index (χ3n) is 2.36. The zero-order valence-electron chi connectivity index (χ0n) is 9.60. The Morgan fingerprint density at radius 1 is 1.22 bits per heavy atom. The van der Waals surface area contributed by atoms with Crippen LogP contribution in [0, 0.1) is 11.6 Å². The van der Waals surface area contributed by atoms with Gasteiger partial charge in [-0.1, -0.05) is 17.8 Å². The number of aliphatic hydroxyl groups excluding tert-OH is 1. The van der Waals surface area contributed by atoms with E-state index in [9.17, 15) is 13.9 Å². The van der Waals surface area contributed by atoms with Gasteiger partial charge in [0.15, 0.2) is 11.6 Å². The van der Waals surface area contributed by atoms with Crippen molar-refractivity contribution in [2.45, 2.75) is 22.9 Å². The van der Waals surface area contributed by atoms with Crippen LogP contribution in [0.2, 0.25) is 0 Å². The molecule has 2 nitrogen and oxygen atoms in total. The van der Waals surface area contributed by atoms with Crippen molar-refractivity contribution < 1.29 is 13.9 Å². The van der Waals surface area contributed by atoms with Gasteiger partial charge in [-0.25, -0.2) is 13.8 Å². The van der Waals surface area contributed by atoms with Crippen molar-refractivity contribution >= 4 is 11.8 Å². The molecule has 1 heterocycles. The fraction of sp³-hybridized carbons (Fsp3) is 0.154. The highest BCUT2D eigenvalue weighted by atomic mass is 32.2. The average molecular weight is 267 g/mol. The zero-order chi connectivity index (χ0) is 13.1. The Morgan fingerprint density at radius 3 is 2.67 bits per heavy atom. The van der Waals surface area contributed by atoms with Crippen molar-refractivity contribution in [3.8, 4) is 0 Å². The van der Waals surface area contributed by atoms with Crippen molar-refractivity contribution in [2.24, 2.45) is 0 Å². The van der Waals surface area contributed by atoms with Gasteiger partial charge in [-0.2, -0.15) is 0 Å². The van der Waals surface area contributed by atoms with Gasteiger partial charge in [0.25, 0.3) is 0 Å². The molecule has 0 spiro atoms. The van der Waals surface area contributed by atoms with Crippen LogP contribution in [0.3, 0.4) is 0 Å². The van der Waals surface area contributed by atoms with E-state index in [2.05, 4.69) is 4.98 Å². The van der Waals surface area contributed by atoms with Crippen LogP contribution in [0.5, 0.6) is 0 Å². The Kier molecular flexibility index (Phi) is 3.93. The summed E-state index contributed by atoms with van der Waals surface area (Å²) in [5, 5.41) is 10.2. The first kappa shape index (κ1) is 13.0. The summed E-state index contributed by atoms with van der Waals surface area (Å²) in [4.78, 5) is 4.67. The van der Waals surface area contributed by atoms with E-state index in [0.717, 1.165) is 12.1 Å². The number of nitrogens with zero attached hydrogens (tertiary/aromatic N) is 1. The van der Waals surface area contributed by atoms with E-state index in [1.54, 1.807) is 25.3 Å². The molecule has 94 valence electrons. The zero-order valence-corrected chi connectivity index (χ0v) is 10.4. The Morgan fingerprint density at radius 2 is 2.00 bits per heavy atom. The maximum Gasteiger partial charge on any atom is 0.159 e. The van der Waals surface area contributed by atoms with Crippen LogP contribution in [-0.2, 0) is 0 Å². The maximum absolute atomic E-state index is 13.1. The largest absolute Gasteiger partial charge is 0.389 e. The van der Waals surface area contributed by atoms with Gasteiger partial charge < -0.3 is 5.11 Å². The second-order valence-corrected chi connectivity index (χ2v) is 4.81. The molecule has 0 radical (unpaired) electrons. The van der Waals surface area contributed by atoms with E-state index in [1.165, 1.54) is 17.8 Å². The van der Waals surface area contributed by atoms with Gasteiger partial charge in [0.1, 0.15) is 5.03 Å². The topological polar surface area (TPSA) is 33.1 Å². The number of pyridine rings is 1. The molecule has 2 rings (SSSR count). The molecule has 0 aliphatic heterocycles.